The number of aromatic nitrogens is 3. The number of hydrogen-bond donors (Lipinski definition) is 1. The summed E-state index contributed by atoms with van der Waals surface area (Å²) in [6.07, 6.45) is 2.43. The number of H-pyrrole nitrogens is 1. The number of rotatable bonds is 2. The molecule has 0 saturated carbocycles. The maximum absolute atomic E-state index is 12.6. The SMILES string of the molecule is O=C(c1ccccn1)N1CCc2[nH]nc(-c3ccccc3)c2C1. The van der Waals surface area contributed by atoms with Crippen LogP contribution in [-0.4, -0.2) is 32.5 Å². The molecule has 1 aromatic carbocycles. The molecule has 1 N–H and O–H groups in total. The van der Waals surface area contributed by atoms with Gasteiger partial charge in [0.25, 0.3) is 5.91 Å². The third kappa shape index (κ3) is 2.50. The van der Waals surface area contributed by atoms with E-state index in [4.69, 9.17) is 0 Å². The molecule has 0 aliphatic carbocycles. The lowest BCUT2D eigenvalue weighted by atomic mass is 10.0. The van der Waals surface area contributed by atoms with Crippen molar-refractivity contribution in [2.24, 2.45) is 0 Å². The second kappa shape index (κ2) is 5.68. The Labute approximate surface area is 134 Å². The Kier molecular flexibility index (Phi) is 3.38. The molecule has 3 aromatic rings. The van der Waals surface area contributed by atoms with E-state index in [0.717, 1.165) is 28.9 Å². The van der Waals surface area contributed by atoms with Crippen molar-refractivity contribution in [3.8, 4) is 11.3 Å². The van der Waals surface area contributed by atoms with Crippen molar-refractivity contribution < 1.29 is 4.79 Å². The molecule has 5 nitrogen and oxygen atoms in total. The third-order valence-electron chi connectivity index (χ3n) is 4.15. The summed E-state index contributed by atoms with van der Waals surface area (Å²) in [5.74, 6) is -0.0311. The topological polar surface area (TPSA) is 61.9 Å². The van der Waals surface area contributed by atoms with Gasteiger partial charge in [0, 0.05) is 36.0 Å². The second-order valence-corrected chi connectivity index (χ2v) is 5.59. The lowest BCUT2D eigenvalue weighted by Crippen LogP contribution is -2.36. The molecule has 0 spiro atoms. The van der Waals surface area contributed by atoms with E-state index in [1.54, 1.807) is 12.3 Å². The number of fused-ring (bicyclic) bond motifs is 1. The van der Waals surface area contributed by atoms with Crippen LogP contribution in [0.1, 0.15) is 21.7 Å². The molecule has 3 heterocycles. The first-order valence-corrected chi connectivity index (χ1v) is 7.65. The zero-order chi connectivity index (χ0) is 15.6. The number of pyridine rings is 1. The molecule has 1 aliphatic heterocycles. The van der Waals surface area contributed by atoms with Gasteiger partial charge in [0.1, 0.15) is 5.69 Å². The first kappa shape index (κ1) is 13.7. The van der Waals surface area contributed by atoms with E-state index in [1.165, 1.54) is 0 Å². The highest BCUT2D eigenvalue weighted by Gasteiger charge is 2.26. The van der Waals surface area contributed by atoms with Crippen molar-refractivity contribution in [3.63, 3.8) is 0 Å². The summed E-state index contributed by atoms with van der Waals surface area (Å²) in [6, 6.07) is 15.5. The molecule has 4 rings (SSSR count). The molecule has 0 bridgehead atoms. The van der Waals surface area contributed by atoms with Crippen LogP contribution in [-0.2, 0) is 13.0 Å². The average Bonchev–Trinajstić information content (AvgIpc) is 3.05. The fourth-order valence-corrected chi connectivity index (χ4v) is 2.95. The van der Waals surface area contributed by atoms with Crippen molar-refractivity contribution in [3.05, 3.63) is 71.7 Å². The summed E-state index contributed by atoms with van der Waals surface area (Å²) in [6.45, 7) is 1.24. The van der Waals surface area contributed by atoms with Crippen LogP contribution in [0.3, 0.4) is 0 Å². The Bertz CT molecular complexity index is 827. The number of aromatic amines is 1. The van der Waals surface area contributed by atoms with E-state index < -0.39 is 0 Å². The van der Waals surface area contributed by atoms with E-state index in [0.29, 0.717) is 18.8 Å². The summed E-state index contributed by atoms with van der Waals surface area (Å²) in [5, 5.41) is 7.58. The summed E-state index contributed by atoms with van der Waals surface area (Å²) in [5.41, 5.74) is 4.71. The van der Waals surface area contributed by atoms with E-state index in [1.807, 2.05) is 47.4 Å². The highest BCUT2D eigenvalue weighted by Crippen LogP contribution is 2.28. The predicted molar refractivity (Wildman–Crippen MR) is 86.7 cm³/mol. The Hall–Kier alpha value is -2.95. The highest BCUT2D eigenvalue weighted by atomic mass is 16.2. The maximum atomic E-state index is 12.6. The van der Waals surface area contributed by atoms with Gasteiger partial charge in [-0.25, -0.2) is 0 Å². The molecule has 0 unspecified atom stereocenters. The van der Waals surface area contributed by atoms with Crippen molar-refractivity contribution >= 4 is 5.91 Å². The Morgan fingerprint density at radius 2 is 1.91 bits per heavy atom. The summed E-state index contributed by atoms with van der Waals surface area (Å²) in [4.78, 5) is 18.6. The Balaban J connectivity index is 1.64. The fourth-order valence-electron chi connectivity index (χ4n) is 2.95. The van der Waals surface area contributed by atoms with Crippen LogP contribution in [0.4, 0.5) is 0 Å². The quantitative estimate of drug-likeness (QED) is 0.792. The van der Waals surface area contributed by atoms with Gasteiger partial charge in [-0.3, -0.25) is 14.9 Å². The van der Waals surface area contributed by atoms with Crippen LogP contribution in [0, 0.1) is 0 Å². The minimum atomic E-state index is -0.0311. The molecule has 0 saturated heterocycles. The molecule has 0 fully saturated rings. The Morgan fingerprint density at radius 1 is 1.09 bits per heavy atom. The van der Waals surface area contributed by atoms with Gasteiger partial charge in [-0.2, -0.15) is 5.10 Å². The molecule has 0 radical (unpaired) electrons. The van der Waals surface area contributed by atoms with Crippen LogP contribution in [0.15, 0.2) is 54.7 Å². The zero-order valence-corrected chi connectivity index (χ0v) is 12.6. The van der Waals surface area contributed by atoms with Crippen LogP contribution in [0.25, 0.3) is 11.3 Å². The number of amides is 1. The molecular formula is C18H16N4O. The first-order valence-electron chi connectivity index (χ1n) is 7.65. The zero-order valence-electron chi connectivity index (χ0n) is 12.6. The minimum Gasteiger partial charge on any atom is -0.332 e. The maximum Gasteiger partial charge on any atom is 0.272 e. The highest BCUT2D eigenvalue weighted by molar-refractivity contribution is 5.92. The fraction of sp³-hybridized carbons (Fsp3) is 0.167. The van der Waals surface area contributed by atoms with Gasteiger partial charge < -0.3 is 4.90 Å². The van der Waals surface area contributed by atoms with E-state index in [2.05, 4.69) is 15.2 Å². The third-order valence-corrected chi connectivity index (χ3v) is 4.15. The van der Waals surface area contributed by atoms with E-state index >= 15 is 0 Å². The number of benzene rings is 1. The number of carbonyl (C=O) groups is 1. The average molecular weight is 304 g/mol. The van der Waals surface area contributed by atoms with Crippen molar-refractivity contribution in [2.75, 3.05) is 6.54 Å². The van der Waals surface area contributed by atoms with Crippen molar-refractivity contribution in [1.82, 2.24) is 20.1 Å². The van der Waals surface area contributed by atoms with Crippen LogP contribution in [0.2, 0.25) is 0 Å². The molecule has 2 aromatic heterocycles. The number of nitrogens with zero attached hydrogens (tertiary/aromatic N) is 3. The van der Waals surface area contributed by atoms with Gasteiger partial charge in [0.15, 0.2) is 0 Å². The first-order chi connectivity index (χ1) is 11.3. The number of carbonyl (C=O) groups excluding carboxylic acids is 1. The van der Waals surface area contributed by atoms with Gasteiger partial charge in [0.2, 0.25) is 0 Å². The van der Waals surface area contributed by atoms with Crippen LogP contribution >= 0.6 is 0 Å². The predicted octanol–water partition coefficient (Wildman–Crippen LogP) is 2.67. The van der Waals surface area contributed by atoms with Gasteiger partial charge >= 0.3 is 0 Å². The minimum absolute atomic E-state index is 0.0311. The van der Waals surface area contributed by atoms with E-state index in [9.17, 15) is 4.79 Å². The lowest BCUT2D eigenvalue weighted by Gasteiger charge is -2.27. The Morgan fingerprint density at radius 3 is 2.70 bits per heavy atom. The molecule has 5 heteroatoms. The van der Waals surface area contributed by atoms with Gasteiger partial charge in [-0.15, -0.1) is 0 Å². The molecular weight excluding hydrogens is 288 g/mol. The monoisotopic (exact) mass is 304 g/mol. The van der Waals surface area contributed by atoms with E-state index in [-0.39, 0.29) is 5.91 Å². The van der Waals surface area contributed by atoms with Gasteiger partial charge in [-0.05, 0) is 12.1 Å². The summed E-state index contributed by atoms with van der Waals surface area (Å²) >= 11 is 0. The number of hydrogen-bond acceptors (Lipinski definition) is 3. The van der Waals surface area contributed by atoms with Crippen LogP contribution < -0.4 is 0 Å². The second-order valence-electron chi connectivity index (χ2n) is 5.59. The normalized spacial score (nSPS) is 13.7. The van der Waals surface area contributed by atoms with Crippen molar-refractivity contribution in [2.45, 2.75) is 13.0 Å². The molecule has 1 amide bonds. The van der Waals surface area contributed by atoms with Crippen LogP contribution in [0.5, 0.6) is 0 Å². The van der Waals surface area contributed by atoms with Gasteiger partial charge in [-0.1, -0.05) is 36.4 Å². The molecule has 114 valence electrons. The largest absolute Gasteiger partial charge is 0.332 e. The standard InChI is InChI=1S/C18H16N4O/c23-18(16-8-4-5-10-19-16)22-11-9-15-14(12-22)17(21-20-15)13-6-2-1-3-7-13/h1-8,10H,9,11-12H2,(H,20,21). The van der Waals surface area contributed by atoms with Crippen molar-refractivity contribution in [1.29, 1.82) is 0 Å². The molecule has 0 atom stereocenters. The lowest BCUT2D eigenvalue weighted by molar-refractivity contribution is 0.0728. The summed E-state index contributed by atoms with van der Waals surface area (Å²) < 4.78 is 0. The smallest absolute Gasteiger partial charge is 0.272 e. The van der Waals surface area contributed by atoms with Gasteiger partial charge in [0.05, 0.1) is 12.2 Å². The number of nitrogens with one attached hydrogen (secondary N) is 1. The molecule has 1 aliphatic rings. The summed E-state index contributed by atoms with van der Waals surface area (Å²) in [7, 11) is 0. The molecule has 23 heavy (non-hydrogen) atoms.